The summed E-state index contributed by atoms with van der Waals surface area (Å²) in [5.41, 5.74) is 2.22. The number of hydrogen-bond donors (Lipinski definition) is 1. The minimum absolute atomic E-state index is 0.0117. The standard InChI is InChI=1S/C38H53F8NO5S/c1-35-17-15-29-28-12-11-27(52-34(49)47-18-19-51-32(24-47)37(41,42)43)23-26(28)22-25(33(29)30(35)13-14-31(35)48)10-7-5-3-2-4-6-8-20-53(50)21-9-16-36(39,40)38(44,45)46/h11-12,23,25,29-33,48H,2-10,13-22,24H2,1H3/t25-,29-,30+,31+,32?,33-,35+,53?/m1/s1. The van der Waals surface area contributed by atoms with Gasteiger partial charge in [0, 0.05) is 13.0 Å². The van der Waals surface area contributed by atoms with Crippen molar-refractivity contribution in [2.45, 2.75) is 140 Å². The molecule has 5 rings (SSSR count). The molecule has 1 N–H and O–H groups in total. The topological polar surface area (TPSA) is 82.1 Å². The van der Waals surface area contributed by atoms with E-state index in [0.717, 1.165) is 87.5 Å². The first-order valence-electron chi connectivity index (χ1n) is 19.2. The highest BCUT2D eigenvalue weighted by Gasteiger charge is 2.57. The van der Waals surface area contributed by atoms with E-state index in [-0.39, 0.29) is 30.4 Å². The quantitative estimate of drug-likeness (QED) is 0.109. The Labute approximate surface area is 309 Å². The van der Waals surface area contributed by atoms with Crippen molar-refractivity contribution in [2.75, 3.05) is 31.2 Å². The SMILES string of the molecule is C[C@]12CC[C@@H]3c4ccc(OC(=O)N5CCOC(C(F)(F)F)C5)cc4C[C@@H](CCCCCCCCC[S+]([O-])CCCC(F)(F)C(F)(F)F)[C@H]3[C@@H]1CC[C@@H]2O. The summed E-state index contributed by atoms with van der Waals surface area (Å²) in [6.45, 7) is 1.40. The van der Waals surface area contributed by atoms with Gasteiger partial charge in [0.1, 0.15) is 17.3 Å². The second-order valence-corrected chi connectivity index (χ2v) is 17.6. The Balaban J connectivity index is 1.10. The number of aliphatic hydroxyl groups excluding tert-OH is 1. The van der Waals surface area contributed by atoms with Gasteiger partial charge in [-0.1, -0.05) is 56.3 Å². The molecule has 0 radical (unpaired) electrons. The fraction of sp³-hybridized carbons (Fsp3) is 0.816. The molecule has 2 unspecified atom stereocenters. The van der Waals surface area contributed by atoms with E-state index >= 15 is 0 Å². The van der Waals surface area contributed by atoms with Gasteiger partial charge in [-0.15, -0.1) is 0 Å². The van der Waals surface area contributed by atoms with Crippen molar-refractivity contribution in [3.8, 4) is 5.75 Å². The lowest BCUT2D eigenvalue weighted by Crippen LogP contribution is -2.51. The van der Waals surface area contributed by atoms with Gasteiger partial charge in [-0.3, -0.25) is 0 Å². The zero-order chi connectivity index (χ0) is 38.6. The predicted molar refractivity (Wildman–Crippen MR) is 184 cm³/mol. The Bertz CT molecular complexity index is 1360. The number of alkyl halides is 8. The van der Waals surface area contributed by atoms with Crippen LogP contribution in [0.1, 0.15) is 114 Å². The Morgan fingerprint density at radius 1 is 0.981 bits per heavy atom. The van der Waals surface area contributed by atoms with Gasteiger partial charge in [0.05, 0.1) is 19.3 Å². The average Bonchev–Trinajstić information content (AvgIpc) is 3.39. The lowest BCUT2D eigenvalue weighted by Gasteiger charge is -2.53. The van der Waals surface area contributed by atoms with Crippen LogP contribution in [0.3, 0.4) is 0 Å². The third-order valence-electron chi connectivity index (χ3n) is 12.4. The normalized spacial score (nSPS) is 29.7. The van der Waals surface area contributed by atoms with E-state index in [1.54, 1.807) is 6.07 Å². The maximum Gasteiger partial charge on any atom is 0.453 e. The van der Waals surface area contributed by atoms with Crippen LogP contribution in [0, 0.1) is 23.2 Å². The van der Waals surface area contributed by atoms with E-state index in [1.165, 1.54) is 5.56 Å². The first-order valence-corrected chi connectivity index (χ1v) is 20.6. The minimum Gasteiger partial charge on any atom is -0.616 e. The molecule has 1 heterocycles. The number of nitrogens with zero attached hydrogens (tertiary/aromatic N) is 1. The maximum atomic E-state index is 13.2. The molecule has 15 heteroatoms. The van der Waals surface area contributed by atoms with Gasteiger partial charge in [0.15, 0.2) is 6.10 Å². The van der Waals surface area contributed by atoms with Crippen molar-refractivity contribution in [2.24, 2.45) is 23.2 Å². The number of rotatable bonds is 15. The van der Waals surface area contributed by atoms with Gasteiger partial charge in [0.2, 0.25) is 0 Å². The molecule has 3 fully saturated rings. The number of fused-ring (bicyclic) bond motifs is 5. The van der Waals surface area contributed by atoms with Crippen LogP contribution < -0.4 is 4.74 Å². The number of halogens is 8. The highest BCUT2D eigenvalue weighted by Crippen LogP contribution is 2.62. The first-order chi connectivity index (χ1) is 24.9. The second-order valence-electron chi connectivity index (χ2n) is 15.9. The van der Waals surface area contributed by atoms with E-state index in [4.69, 9.17) is 9.47 Å². The van der Waals surface area contributed by atoms with Crippen LogP contribution >= 0.6 is 0 Å². The first kappa shape index (κ1) is 42.3. The highest BCUT2D eigenvalue weighted by molar-refractivity contribution is 7.91. The molecule has 0 bridgehead atoms. The number of hydrogen-bond acceptors (Lipinski definition) is 5. The van der Waals surface area contributed by atoms with Gasteiger partial charge >= 0.3 is 24.4 Å². The molecule has 1 aliphatic heterocycles. The van der Waals surface area contributed by atoms with Gasteiger partial charge in [-0.05, 0) is 110 Å². The van der Waals surface area contributed by atoms with Crippen molar-refractivity contribution in [1.29, 1.82) is 0 Å². The number of ether oxygens (including phenoxy) is 2. The van der Waals surface area contributed by atoms with Crippen molar-refractivity contribution in [3.63, 3.8) is 0 Å². The molecule has 0 aromatic heterocycles. The van der Waals surface area contributed by atoms with E-state index in [9.17, 15) is 49.6 Å². The highest BCUT2D eigenvalue weighted by atomic mass is 32.2. The monoisotopic (exact) mass is 787 g/mol. The van der Waals surface area contributed by atoms with Crippen LogP contribution in [-0.4, -0.2) is 82.3 Å². The molecular weight excluding hydrogens is 734 g/mol. The average molecular weight is 788 g/mol. The zero-order valence-electron chi connectivity index (χ0n) is 30.3. The summed E-state index contributed by atoms with van der Waals surface area (Å²) in [5, 5.41) is 11.0. The van der Waals surface area contributed by atoms with Crippen LogP contribution in [0.2, 0.25) is 0 Å². The van der Waals surface area contributed by atoms with Crippen LogP contribution in [0.25, 0.3) is 0 Å². The fourth-order valence-electron chi connectivity index (χ4n) is 9.52. The summed E-state index contributed by atoms with van der Waals surface area (Å²) in [4.78, 5) is 13.9. The van der Waals surface area contributed by atoms with Crippen molar-refractivity contribution >= 4 is 17.3 Å². The second kappa shape index (κ2) is 17.5. The van der Waals surface area contributed by atoms with Crippen LogP contribution in [-0.2, 0) is 22.3 Å². The summed E-state index contributed by atoms with van der Waals surface area (Å²) >= 11 is -1.42. The summed E-state index contributed by atoms with van der Waals surface area (Å²) in [6, 6.07) is 5.63. The van der Waals surface area contributed by atoms with E-state index < -0.39 is 61.0 Å². The van der Waals surface area contributed by atoms with E-state index in [0.29, 0.717) is 41.6 Å². The molecule has 302 valence electrons. The number of unbranched alkanes of at least 4 members (excludes halogenated alkanes) is 6. The van der Waals surface area contributed by atoms with Crippen molar-refractivity contribution in [3.05, 3.63) is 29.3 Å². The van der Waals surface area contributed by atoms with Gasteiger partial charge in [-0.25, -0.2) is 4.79 Å². The fourth-order valence-corrected chi connectivity index (χ4v) is 10.7. The minimum atomic E-state index is -5.58. The number of benzene rings is 1. The molecule has 1 aromatic carbocycles. The number of carbonyl (C=O) groups is 1. The zero-order valence-corrected chi connectivity index (χ0v) is 31.1. The largest absolute Gasteiger partial charge is 0.616 e. The maximum absolute atomic E-state index is 13.2. The molecule has 4 aliphatic rings. The molecule has 8 atom stereocenters. The van der Waals surface area contributed by atoms with Crippen LogP contribution in [0.4, 0.5) is 39.9 Å². The Kier molecular flexibility index (Phi) is 14.0. The molecule has 3 aliphatic carbocycles. The van der Waals surface area contributed by atoms with E-state index in [1.807, 2.05) is 12.1 Å². The summed E-state index contributed by atoms with van der Waals surface area (Å²) in [6.07, 6.45) is -3.23. The van der Waals surface area contributed by atoms with E-state index in [2.05, 4.69) is 6.92 Å². The summed E-state index contributed by atoms with van der Waals surface area (Å²) in [5.74, 6) is -2.80. The van der Waals surface area contributed by atoms with Gasteiger partial charge in [0.25, 0.3) is 0 Å². The third-order valence-corrected chi connectivity index (χ3v) is 13.9. The lowest BCUT2D eigenvalue weighted by atomic mass is 9.52. The molecule has 1 amide bonds. The molecule has 53 heavy (non-hydrogen) atoms. The Morgan fingerprint density at radius 2 is 1.66 bits per heavy atom. The van der Waals surface area contributed by atoms with Crippen molar-refractivity contribution < 1.29 is 59.1 Å². The summed E-state index contributed by atoms with van der Waals surface area (Å²) in [7, 11) is 0. The number of carbonyl (C=O) groups excluding carboxylic acids is 1. The molecule has 6 nitrogen and oxygen atoms in total. The Hall–Kier alpha value is -1.84. The molecule has 1 saturated heterocycles. The van der Waals surface area contributed by atoms with Crippen LogP contribution in [0.5, 0.6) is 5.75 Å². The third kappa shape index (κ3) is 10.3. The molecule has 1 aromatic rings. The summed E-state index contributed by atoms with van der Waals surface area (Å²) < 4.78 is 125. The van der Waals surface area contributed by atoms with Gasteiger partial charge < -0.3 is 24.0 Å². The molecule has 0 spiro atoms. The number of aliphatic hydroxyl groups is 1. The number of amides is 1. The molecular formula is C38H53F8NO5S. The van der Waals surface area contributed by atoms with Crippen LogP contribution in [0.15, 0.2) is 18.2 Å². The smallest absolute Gasteiger partial charge is 0.453 e. The number of morpholine rings is 1. The lowest BCUT2D eigenvalue weighted by molar-refractivity contribution is -0.284. The molecule has 2 saturated carbocycles. The van der Waals surface area contributed by atoms with Crippen molar-refractivity contribution in [1.82, 2.24) is 4.90 Å². The van der Waals surface area contributed by atoms with Gasteiger partial charge in [-0.2, -0.15) is 35.1 Å². The predicted octanol–water partition coefficient (Wildman–Crippen LogP) is 9.74. The Morgan fingerprint density at radius 3 is 2.36 bits per heavy atom.